The number of carbonyl (C=O) groups excluding carboxylic acids is 2. The van der Waals surface area contributed by atoms with E-state index in [0.717, 1.165) is 24.2 Å². The van der Waals surface area contributed by atoms with Gasteiger partial charge in [-0.2, -0.15) is 13.2 Å². The highest BCUT2D eigenvalue weighted by atomic mass is 19.4. The van der Waals surface area contributed by atoms with Gasteiger partial charge >= 0.3 is 12.1 Å². The highest BCUT2D eigenvalue weighted by Crippen LogP contribution is 2.17. The number of alkyl halides is 3. The summed E-state index contributed by atoms with van der Waals surface area (Å²) in [6, 6.07) is 0. The lowest BCUT2D eigenvalue weighted by Crippen LogP contribution is -2.36. The zero-order chi connectivity index (χ0) is 12.2. The van der Waals surface area contributed by atoms with Crippen LogP contribution in [-0.4, -0.2) is 36.2 Å². The number of nitrogens with zero attached hydrogens (tertiary/aromatic N) is 1. The lowest BCUT2D eigenvalue weighted by Gasteiger charge is -2.20. The summed E-state index contributed by atoms with van der Waals surface area (Å²) >= 11 is 0. The van der Waals surface area contributed by atoms with Gasteiger partial charge in [-0.25, -0.2) is 4.79 Å². The van der Waals surface area contributed by atoms with Crippen LogP contribution >= 0.6 is 0 Å². The SMILES string of the molecule is O=C1CCCCCN1COC(=O)C(F)(F)F. The third-order valence-corrected chi connectivity index (χ3v) is 2.25. The van der Waals surface area contributed by atoms with Crippen molar-refractivity contribution >= 4 is 11.9 Å². The number of esters is 1. The summed E-state index contributed by atoms with van der Waals surface area (Å²) in [6.07, 6.45) is -2.41. The first-order valence-corrected chi connectivity index (χ1v) is 4.93. The Labute approximate surface area is 90.3 Å². The first-order valence-electron chi connectivity index (χ1n) is 4.93. The van der Waals surface area contributed by atoms with E-state index in [1.54, 1.807) is 0 Å². The largest absolute Gasteiger partial charge is 0.490 e. The first kappa shape index (κ1) is 12.8. The van der Waals surface area contributed by atoms with Gasteiger partial charge in [-0.05, 0) is 12.8 Å². The lowest BCUT2D eigenvalue weighted by atomic mass is 10.2. The lowest BCUT2D eigenvalue weighted by molar-refractivity contribution is -0.204. The Morgan fingerprint density at radius 2 is 2.00 bits per heavy atom. The number of rotatable bonds is 2. The van der Waals surface area contributed by atoms with Gasteiger partial charge in [-0.1, -0.05) is 6.42 Å². The number of amides is 1. The van der Waals surface area contributed by atoms with E-state index in [4.69, 9.17) is 0 Å². The molecule has 16 heavy (non-hydrogen) atoms. The van der Waals surface area contributed by atoms with E-state index in [-0.39, 0.29) is 5.91 Å². The predicted molar refractivity (Wildman–Crippen MR) is 47.2 cm³/mol. The fraction of sp³-hybridized carbons (Fsp3) is 0.778. The Morgan fingerprint density at radius 1 is 1.31 bits per heavy atom. The first-order chi connectivity index (χ1) is 7.41. The van der Waals surface area contributed by atoms with Gasteiger partial charge in [-0.15, -0.1) is 0 Å². The quantitative estimate of drug-likeness (QED) is 0.685. The number of halogens is 3. The Hall–Kier alpha value is -1.27. The van der Waals surface area contributed by atoms with Crippen molar-refractivity contribution in [2.24, 2.45) is 0 Å². The van der Waals surface area contributed by atoms with Crippen molar-refractivity contribution in [3.8, 4) is 0 Å². The molecule has 1 heterocycles. The number of likely N-dealkylation sites (tertiary alicyclic amines) is 1. The maximum absolute atomic E-state index is 11.8. The number of carbonyl (C=O) groups is 2. The van der Waals surface area contributed by atoms with E-state index < -0.39 is 18.9 Å². The van der Waals surface area contributed by atoms with E-state index in [1.165, 1.54) is 0 Å². The third-order valence-electron chi connectivity index (χ3n) is 2.25. The molecule has 92 valence electrons. The van der Waals surface area contributed by atoms with Crippen molar-refractivity contribution in [1.82, 2.24) is 4.90 Å². The summed E-state index contributed by atoms with van der Waals surface area (Å²) in [5.74, 6) is -2.53. The molecule has 1 rings (SSSR count). The zero-order valence-electron chi connectivity index (χ0n) is 8.55. The topological polar surface area (TPSA) is 46.6 Å². The molecule has 4 nitrogen and oxygen atoms in total. The van der Waals surface area contributed by atoms with Crippen LogP contribution in [0.25, 0.3) is 0 Å². The molecule has 0 aliphatic carbocycles. The van der Waals surface area contributed by atoms with Gasteiger partial charge in [0.2, 0.25) is 5.91 Å². The normalized spacial score (nSPS) is 18.2. The summed E-state index contributed by atoms with van der Waals surface area (Å²) in [6.45, 7) is -0.277. The van der Waals surface area contributed by atoms with Gasteiger partial charge in [0.05, 0.1) is 0 Å². The van der Waals surface area contributed by atoms with Crippen molar-refractivity contribution in [2.45, 2.75) is 31.9 Å². The molecule has 0 atom stereocenters. The van der Waals surface area contributed by atoms with E-state index in [0.29, 0.717) is 13.0 Å². The maximum atomic E-state index is 11.8. The van der Waals surface area contributed by atoms with E-state index >= 15 is 0 Å². The molecule has 0 radical (unpaired) electrons. The highest BCUT2D eigenvalue weighted by molar-refractivity contribution is 5.78. The van der Waals surface area contributed by atoms with Crippen LogP contribution in [0, 0.1) is 0 Å². The van der Waals surface area contributed by atoms with Crippen molar-refractivity contribution in [3.63, 3.8) is 0 Å². The van der Waals surface area contributed by atoms with Gasteiger partial charge in [0.25, 0.3) is 0 Å². The smallest absolute Gasteiger partial charge is 0.438 e. The van der Waals surface area contributed by atoms with E-state index in [1.807, 2.05) is 0 Å². The second kappa shape index (κ2) is 5.18. The Balaban J connectivity index is 2.41. The van der Waals surface area contributed by atoms with Crippen molar-refractivity contribution < 1.29 is 27.5 Å². The molecule has 0 bridgehead atoms. The van der Waals surface area contributed by atoms with Crippen LogP contribution in [0.1, 0.15) is 25.7 Å². The average molecular weight is 239 g/mol. The molecule has 1 fully saturated rings. The van der Waals surface area contributed by atoms with Crippen LogP contribution in [0.4, 0.5) is 13.2 Å². The summed E-state index contributed by atoms with van der Waals surface area (Å²) in [5.41, 5.74) is 0. The average Bonchev–Trinajstić information content (AvgIpc) is 2.38. The Bertz CT molecular complexity index is 278. The van der Waals surface area contributed by atoms with Crippen molar-refractivity contribution in [1.29, 1.82) is 0 Å². The third kappa shape index (κ3) is 3.71. The maximum Gasteiger partial charge on any atom is 0.490 e. The zero-order valence-corrected chi connectivity index (χ0v) is 8.55. The number of hydrogen-bond donors (Lipinski definition) is 0. The highest BCUT2D eigenvalue weighted by Gasteiger charge is 2.41. The second-order valence-electron chi connectivity index (χ2n) is 3.53. The Morgan fingerprint density at radius 3 is 2.62 bits per heavy atom. The molecular weight excluding hydrogens is 227 g/mol. The van der Waals surface area contributed by atoms with Gasteiger partial charge < -0.3 is 9.64 Å². The molecule has 7 heteroatoms. The van der Waals surface area contributed by atoms with Crippen LogP contribution < -0.4 is 0 Å². The molecule has 0 unspecified atom stereocenters. The van der Waals surface area contributed by atoms with Crippen LogP contribution in [-0.2, 0) is 14.3 Å². The van der Waals surface area contributed by atoms with E-state index in [2.05, 4.69) is 4.74 Å². The standard InChI is InChI=1S/C9H12F3NO3/c10-9(11,12)8(15)16-6-13-5-3-1-2-4-7(13)14/h1-6H2. The fourth-order valence-electron chi connectivity index (χ4n) is 1.39. The molecule has 1 aliphatic heterocycles. The van der Waals surface area contributed by atoms with Crippen LogP contribution in [0.2, 0.25) is 0 Å². The predicted octanol–water partition coefficient (Wildman–Crippen LogP) is 1.45. The van der Waals surface area contributed by atoms with Crippen LogP contribution in [0.15, 0.2) is 0 Å². The molecule has 1 saturated heterocycles. The molecule has 0 spiro atoms. The monoisotopic (exact) mass is 239 g/mol. The molecule has 0 N–H and O–H groups in total. The number of ether oxygens (including phenoxy) is 1. The second-order valence-corrected chi connectivity index (χ2v) is 3.53. The van der Waals surface area contributed by atoms with Gasteiger partial charge in [-0.3, -0.25) is 4.79 Å². The summed E-state index contributed by atoms with van der Waals surface area (Å²) < 4.78 is 39.4. The van der Waals surface area contributed by atoms with Crippen molar-refractivity contribution in [2.75, 3.05) is 13.3 Å². The van der Waals surface area contributed by atoms with E-state index in [9.17, 15) is 22.8 Å². The molecule has 0 aromatic rings. The molecule has 0 aromatic carbocycles. The van der Waals surface area contributed by atoms with Gasteiger partial charge in [0, 0.05) is 13.0 Å². The minimum absolute atomic E-state index is 0.271. The van der Waals surface area contributed by atoms with Gasteiger partial charge in [0.1, 0.15) is 0 Å². The molecule has 0 saturated carbocycles. The molecule has 1 aliphatic rings. The van der Waals surface area contributed by atoms with Crippen LogP contribution in [0.3, 0.4) is 0 Å². The number of hydrogen-bond acceptors (Lipinski definition) is 3. The molecule has 0 aromatic heterocycles. The fourth-order valence-corrected chi connectivity index (χ4v) is 1.39. The molecular formula is C9H12F3NO3. The van der Waals surface area contributed by atoms with Gasteiger partial charge in [0.15, 0.2) is 6.73 Å². The summed E-state index contributed by atoms with van der Waals surface area (Å²) in [5, 5.41) is 0. The van der Waals surface area contributed by atoms with Crippen molar-refractivity contribution in [3.05, 3.63) is 0 Å². The summed E-state index contributed by atoms with van der Waals surface area (Å²) in [4.78, 5) is 22.9. The minimum Gasteiger partial charge on any atom is -0.438 e. The summed E-state index contributed by atoms with van der Waals surface area (Å²) in [7, 11) is 0. The molecule has 1 amide bonds. The Kier molecular flexibility index (Phi) is 4.14. The minimum atomic E-state index is -5.01. The van der Waals surface area contributed by atoms with Crippen LogP contribution in [0.5, 0.6) is 0 Å².